The Morgan fingerprint density at radius 2 is 1.77 bits per heavy atom. The normalized spacial score (nSPS) is 41.1. The van der Waals surface area contributed by atoms with E-state index >= 15 is 0 Å². The maximum absolute atomic E-state index is 12.8. The third kappa shape index (κ3) is 6.35. The van der Waals surface area contributed by atoms with Crippen LogP contribution in [0.5, 0.6) is 0 Å². The second-order valence-electron chi connectivity index (χ2n) is 17.2. The Labute approximate surface area is 268 Å². The highest BCUT2D eigenvalue weighted by Crippen LogP contribution is 2.67. The number of esters is 2. The molecule has 4 heteroatoms. The van der Waals surface area contributed by atoms with Gasteiger partial charge in [-0.15, -0.1) is 0 Å². The second-order valence-corrected chi connectivity index (χ2v) is 17.2. The molecule has 0 radical (unpaired) electrons. The summed E-state index contributed by atoms with van der Waals surface area (Å²) in [4.78, 5) is 25.2. The van der Waals surface area contributed by atoms with E-state index in [1.807, 2.05) is 0 Å². The zero-order valence-corrected chi connectivity index (χ0v) is 28.7. The van der Waals surface area contributed by atoms with Crippen LogP contribution in [0.1, 0.15) is 137 Å². The molecule has 4 nitrogen and oxygen atoms in total. The molecule has 0 amide bonds. The largest absolute Gasteiger partial charge is 0.465 e. The minimum absolute atomic E-state index is 0.0263. The number of allylic oxidation sites excluding steroid dienone is 3. The van der Waals surface area contributed by atoms with E-state index in [2.05, 4.69) is 52.8 Å². The Morgan fingerprint density at radius 1 is 0.932 bits per heavy atom. The summed E-state index contributed by atoms with van der Waals surface area (Å²) in [6.45, 7) is 13.0. The summed E-state index contributed by atoms with van der Waals surface area (Å²) in [5.74, 6) is 6.00. The average molecular weight is 607 g/mol. The van der Waals surface area contributed by atoms with E-state index < -0.39 is 0 Å². The van der Waals surface area contributed by atoms with Crippen molar-refractivity contribution in [1.82, 2.24) is 0 Å². The molecule has 0 aromatic rings. The van der Waals surface area contributed by atoms with Gasteiger partial charge in [0.2, 0.25) is 0 Å². The molecule has 6 aliphatic rings. The van der Waals surface area contributed by atoms with Crippen molar-refractivity contribution in [2.24, 2.45) is 64.1 Å². The predicted molar refractivity (Wildman–Crippen MR) is 177 cm³/mol. The summed E-state index contributed by atoms with van der Waals surface area (Å²) in [6.07, 6.45) is 25.2. The van der Waals surface area contributed by atoms with Gasteiger partial charge in [-0.3, -0.25) is 9.59 Å². The van der Waals surface area contributed by atoms with Gasteiger partial charge in [0, 0.05) is 12.8 Å². The van der Waals surface area contributed by atoms with Crippen molar-refractivity contribution in [3.8, 4) is 0 Å². The molecule has 6 aliphatic carbocycles. The van der Waals surface area contributed by atoms with Gasteiger partial charge < -0.3 is 9.47 Å². The molecule has 6 rings (SSSR count). The molecule has 4 unspecified atom stereocenters. The lowest BCUT2D eigenvalue weighted by atomic mass is 9.47. The molecule has 2 bridgehead atoms. The fraction of sp³-hybridized carbons (Fsp3) is 0.850. The summed E-state index contributed by atoms with van der Waals surface area (Å²) in [5.41, 5.74) is 2.40. The van der Waals surface area contributed by atoms with Gasteiger partial charge in [0.05, 0.1) is 12.5 Å². The van der Waals surface area contributed by atoms with Gasteiger partial charge >= 0.3 is 11.9 Å². The van der Waals surface area contributed by atoms with Crippen molar-refractivity contribution < 1.29 is 19.1 Å². The van der Waals surface area contributed by atoms with E-state index in [4.69, 9.17) is 9.47 Å². The average Bonchev–Trinajstić information content (AvgIpc) is 3.71. The molecule has 0 N–H and O–H groups in total. The number of fused-ring (bicyclic) bond motifs is 7. The summed E-state index contributed by atoms with van der Waals surface area (Å²) in [7, 11) is 0. The predicted octanol–water partition coefficient (Wildman–Crippen LogP) is 9.87. The highest BCUT2D eigenvalue weighted by molar-refractivity contribution is 5.74. The number of unbranched alkanes of at least 4 members (excludes halogenated alkanes) is 1. The zero-order chi connectivity index (χ0) is 31.1. The van der Waals surface area contributed by atoms with Gasteiger partial charge in [0.1, 0.15) is 6.10 Å². The van der Waals surface area contributed by atoms with Gasteiger partial charge in [0.25, 0.3) is 0 Å². The van der Waals surface area contributed by atoms with Crippen LogP contribution in [-0.2, 0) is 19.1 Å². The summed E-state index contributed by atoms with van der Waals surface area (Å²) < 4.78 is 11.6. The van der Waals surface area contributed by atoms with E-state index in [1.54, 1.807) is 5.57 Å². The van der Waals surface area contributed by atoms with E-state index in [0.29, 0.717) is 30.3 Å². The van der Waals surface area contributed by atoms with E-state index in [0.717, 1.165) is 80.5 Å². The van der Waals surface area contributed by atoms with Gasteiger partial charge in [-0.1, -0.05) is 77.7 Å². The molecule has 0 saturated heterocycles. The number of hydrogen-bond acceptors (Lipinski definition) is 4. The van der Waals surface area contributed by atoms with Crippen LogP contribution in [0.3, 0.4) is 0 Å². The van der Waals surface area contributed by atoms with Gasteiger partial charge in [-0.2, -0.15) is 0 Å². The Morgan fingerprint density at radius 3 is 2.52 bits per heavy atom. The van der Waals surface area contributed by atoms with Crippen molar-refractivity contribution in [1.29, 1.82) is 0 Å². The minimum Gasteiger partial charge on any atom is -0.465 e. The third-order valence-corrected chi connectivity index (χ3v) is 14.2. The van der Waals surface area contributed by atoms with Crippen LogP contribution >= 0.6 is 0 Å². The van der Waals surface area contributed by atoms with Crippen LogP contribution in [0.25, 0.3) is 0 Å². The van der Waals surface area contributed by atoms with Crippen molar-refractivity contribution in [3.05, 3.63) is 23.8 Å². The topological polar surface area (TPSA) is 52.6 Å². The lowest BCUT2D eigenvalue weighted by molar-refractivity contribution is -0.151. The number of hydrogen-bond donors (Lipinski definition) is 0. The smallest absolute Gasteiger partial charge is 0.309 e. The Bertz CT molecular complexity index is 1100. The maximum atomic E-state index is 12.8. The summed E-state index contributed by atoms with van der Waals surface area (Å²) in [6, 6.07) is 0. The highest BCUT2D eigenvalue weighted by Gasteiger charge is 2.59. The van der Waals surface area contributed by atoms with E-state index in [9.17, 15) is 9.59 Å². The van der Waals surface area contributed by atoms with E-state index in [-0.39, 0.29) is 29.4 Å². The first-order valence-corrected chi connectivity index (χ1v) is 18.8. The van der Waals surface area contributed by atoms with Crippen LogP contribution in [0.2, 0.25) is 0 Å². The number of ether oxygens (including phenoxy) is 2. The number of rotatable bonds is 12. The lowest BCUT2D eigenvalue weighted by Crippen LogP contribution is -2.51. The van der Waals surface area contributed by atoms with Gasteiger partial charge in [-0.05, 0) is 129 Å². The van der Waals surface area contributed by atoms with Crippen LogP contribution < -0.4 is 0 Å². The molecular weight excluding hydrogens is 544 g/mol. The Hall–Kier alpha value is -1.58. The highest BCUT2D eigenvalue weighted by atomic mass is 16.5. The van der Waals surface area contributed by atoms with Crippen LogP contribution in [0.4, 0.5) is 0 Å². The first-order valence-electron chi connectivity index (χ1n) is 18.8. The molecule has 246 valence electrons. The van der Waals surface area contributed by atoms with Crippen molar-refractivity contribution in [2.45, 2.75) is 143 Å². The first-order chi connectivity index (χ1) is 21.1. The lowest BCUT2D eigenvalue weighted by Gasteiger charge is -2.58. The standard InChI is InChI=1S/C40H62O4/c1-26(2)9-8-10-27(3)34-16-17-35-32-15-14-30-25-31(18-20-39(30,4)36(32)19-21-40(34,35)5)44-37(41)11-6-7-22-43-38(42)33-24-28-12-13-29(33)23-28/h12-14,26-29,31-36H,6-11,15-25H2,1-5H3/t27-,28?,29?,31?,32+,33?,34-,35+,36+,39+,40-/m1/s1. The van der Waals surface area contributed by atoms with Gasteiger partial charge in [-0.25, -0.2) is 0 Å². The third-order valence-electron chi connectivity index (χ3n) is 14.2. The molecule has 0 aliphatic heterocycles. The number of carbonyl (C=O) groups is 2. The number of carbonyl (C=O) groups excluding carboxylic acids is 2. The molecule has 0 aromatic heterocycles. The minimum atomic E-state index is -0.0783. The van der Waals surface area contributed by atoms with Crippen molar-refractivity contribution >= 4 is 11.9 Å². The summed E-state index contributed by atoms with van der Waals surface area (Å²) >= 11 is 0. The molecule has 4 saturated carbocycles. The monoisotopic (exact) mass is 606 g/mol. The molecular formula is C40H62O4. The molecule has 0 heterocycles. The molecule has 11 atom stereocenters. The van der Waals surface area contributed by atoms with Crippen molar-refractivity contribution in [2.75, 3.05) is 6.61 Å². The molecule has 0 aromatic carbocycles. The zero-order valence-electron chi connectivity index (χ0n) is 28.7. The Balaban J connectivity index is 0.951. The van der Waals surface area contributed by atoms with Crippen molar-refractivity contribution in [3.63, 3.8) is 0 Å². The Kier molecular flexibility index (Phi) is 9.76. The molecule has 44 heavy (non-hydrogen) atoms. The quantitative estimate of drug-likeness (QED) is 0.126. The van der Waals surface area contributed by atoms with Gasteiger partial charge in [0.15, 0.2) is 0 Å². The van der Waals surface area contributed by atoms with Crippen LogP contribution in [0.15, 0.2) is 23.8 Å². The first kappa shape index (κ1) is 32.4. The van der Waals surface area contributed by atoms with Crippen LogP contribution in [0, 0.1) is 64.1 Å². The van der Waals surface area contributed by atoms with Crippen LogP contribution in [-0.4, -0.2) is 24.6 Å². The van der Waals surface area contributed by atoms with E-state index in [1.165, 1.54) is 51.4 Å². The SMILES string of the molecule is CC(C)CCC[C@@H](C)[C@H]1CC[C@H]2[C@@H]3CC=C4CC(OC(=O)CCCCOC(=O)C5CC6C=CC5C6)CC[C@]4(C)[C@H]3CC[C@]12C. The second kappa shape index (κ2) is 13.3. The fourth-order valence-corrected chi connectivity index (χ4v) is 11.7. The molecule has 4 fully saturated rings. The molecule has 0 spiro atoms. The maximum Gasteiger partial charge on any atom is 0.309 e. The summed E-state index contributed by atoms with van der Waals surface area (Å²) in [5, 5.41) is 0. The fourth-order valence-electron chi connectivity index (χ4n) is 11.7.